The van der Waals surface area contributed by atoms with Crippen molar-refractivity contribution in [3.8, 4) is 0 Å². The van der Waals surface area contributed by atoms with Crippen molar-refractivity contribution >= 4 is 11.7 Å². The van der Waals surface area contributed by atoms with Gasteiger partial charge in [-0.15, -0.1) is 0 Å². The molecule has 1 amide bonds. The highest BCUT2D eigenvalue weighted by atomic mass is 16.2. The highest BCUT2D eigenvalue weighted by Crippen LogP contribution is 2.23. The molecule has 0 unspecified atom stereocenters. The van der Waals surface area contributed by atoms with E-state index in [0.29, 0.717) is 17.4 Å². The van der Waals surface area contributed by atoms with E-state index in [4.69, 9.17) is 0 Å². The molecule has 2 atom stereocenters. The number of hydrogen-bond acceptors (Lipinski definition) is 4. The third kappa shape index (κ3) is 3.59. The van der Waals surface area contributed by atoms with Crippen LogP contribution in [0.2, 0.25) is 0 Å². The number of carbonyl (C=O) groups is 1. The first-order valence-corrected chi connectivity index (χ1v) is 9.11. The largest absolute Gasteiger partial charge is 0.344 e. The quantitative estimate of drug-likeness (QED) is 0.732. The van der Waals surface area contributed by atoms with Gasteiger partial charge in [0.05, 0.1) is 6.04 Å². The number of amides is 1. The average molecular weight is 351 g/mol. The number of aryl methyl sites for hydroxylation is 1. The molecule has 6 nitrogen and oxygen atoms in total. The normalized spacial score (nSPS) is 13.5. The summed E-state index contributed by atoms with van der Waals surface area (Å²) in [5.74, 6) is 0.795. The van der Waals surface area contributed by atoms with Gasteiger partial charge in [-0.3, -0.25) is 4.79 Å². The Morgan fingerprint density at radius 2 is 1.85 bits per heavy atom. The van der Waals surface area contributed by atoms with Crippen molar-refractivity contribution in [1.82, 2.24) is 24.9 Å². The molecule has 3 rings (SSSR count). The predicted octanol–water partition coefficient (Wildman–Crippen LogP) is 3.83. The number of benzene rings is 1. The zero-order chi connectivity index (χ0) is 18.7. The number of fused-ring (bicyclic) bond motifs is 1. The van der Waals surface area contributed by atoms with Crippen molar-refractivity contribution < 1.29 is 4.79 Å². The van der Waals surface area contributed by atoms with Crippen molar-refractivity contribution in [2.75, 3.05) is 0 Å². The van der Waals surface area contributed by atoms with Gasteiger partial charge in [-0.2, -0.15) is 14.6 Å². The van der Waals surface area contributed by atoms with Crippen molar-refractivity contribution in [2.24, 2.45) is 0 Å². The van der Waals surface area contributed by atoms with Crippen molar-refractivity contribution in [1.29, 1.82) is 0 Å². The molecule has 0 saturated heterocycles. The molecule has 136 valence electrons. The third-order valence-electron chi connectivity index (χ3n) is 4.85. The Morgan fingerprint density at radius 1 is 1.15 bits per heavy atom. The molecule has 1 aromatic carbocycles. The Hall–Kier alpha value is -2.76. The lowest BCUT2D eigenvalue weighted by Gasteiger charge is -2.19. The molecule has 0 aliphatic rings. The molecule has 0 saturated carbocycles. The van der Waals surface area contributed by atoms with E-state index in [1.165, 1.54) is 16.4 Å². The van der Waals surface area contributed by atoms with Gasteiger partial charge >= 0.3 is 0 Å². The van der Waals surface area contributed by atoms with E-state index >= 15 is 0 Å². The Labute approximate surface area is 153 Å². The first kappa shape index (κ1) is 18.0. The molecule has 6 heteroatoms. The lowest BCUT2D eigenvalue weighted by molar-refractivity contribution is 0.0927. The van der Waals surface area contributed by atoms with E-state index in [9.17, 15) is 4.79 Å². The summed E-state index contributed by atoms with van der Waals surface area (Å²) in [6, 6.07) is 10.2. The smallest absolute Gasteiger partial charge is 0.270 e. The molecule has 2 aromatic heterocycles. The van der Waals surface area contributed by atoms with E-state index in [-0.39, 0.29) is 11.9 Å². The van der Waals surface area contributed by atoms with Crippen LogP contribution in [-0.2, 0) is 0 Å². The maximum Gasteiger partial charge on any atom is 0.270 e. The highest BCUT2D eigenvalue weighted by Gasteiger charge is 2.18. The molecule has 2 heterocycles. The van der Waals surface area contributed by atoms with Gasteiger partial charge in [-0.05, 0) is 42.9 Å². The van der Waals surface area contributed by atoms with E-state index in [2.05, 4.69) is 65.4 Å². The monoisotopic (exact) mass is 351 g/mol. The molecule has 0 radical (unpaired) electrons. The molecule has 0 aliphatic heterocycles. The minimum Gasteiger partial charge on any atom is -0.344 e. The Bertz CT molecular complexity index is 900. The van der Waals surface area contributed by atoms with Gasteiger partial charge in [0.25, 0.3) is 11.7 Å². The fraction of sp³-hybridized carbons (Fsp3) is 0.400. The minimum atomic E-state index is -0.177. The molecule has 1 N–H and O–H groups in total. The zero-order valence-corrected chi connectivity index (χ0v) is 15.7. The second kappa shape index (κ2) is 7.64. The first-order valence-electron chi connectivity index (χ1n) is 9.11. The lowest BCUT2D eigenvalue weighted by Crippen LogP contribution is -2.30. The summed E-state index contributed by atoms with van der Waals surface area (Å²) in [5, 5.41) is 7.23. The predicted molar refractivity (Wildman–Crippen MR) is 101 cm³/mol. The minimum absolute atomic E-state index is 0.0551. The first-order chi connectivity index (χ1) is 12.5. The van der Waals surface area contributed by atoms with E-state index in [1.807, 2.05) is 6.92 Å². The average Bonchev–Trinajstić information content (AvgIpc) is 3.13. The number of hydrogen-bond donors (Lipinski definition) is 1. The molecule has 0 fully saturated rings. The summed E-state index contributed by atoms with van der Waals surface area (Å²) in [6.07, 6.45) is 3.32. The number of nitrogens with one attached hydrogen (secondary N) is 1. The van der Waals surface area contributed by atoms with Gasteiger partial charge < -0.3 is 5.32 Å². The van der Waals surface area contributed by atoms with E-state index in [1.54, 1.807) is 6.07 Å². The van der Waals surface area contributed by atoms with Crippen LogP contribution in [0, 0.1) is 6.92 Å². The number of carbonyl (C=O) groups excluding carboxylic acids is 1. The van der Waals surface area contributed by atoms with Crippen LogP contribution in [0.5, 0.6) is 0 Å². The lowest BCUT2D eigenvalue weighted by atomic mass is 9.95. The van der Waals surface area contributed by atoms with Crippen LogP contribution in [0.4, 0.5) is 0 Å². The summed E-state index contributed by atoms with van der Waals surface area (Å²) >= 11 is 0. The number of aromatic nitrogens is 4. The molecule has 0 spiro atoms. The molecular formula is C20H25N5O. The van der Waals surface area contributed by atoms with Gasteiger partial charge in [0.15, 0.2) is 0 Å². The van der Waals surface area contributed by atoms with Crippen LogP contribution in [0.25, 0.3) is 5.78 Å². The fourth-order valence-corrected chi connectivity index (χ4v) is 3.04. The number of rotatable bonds is 6. The Balaban J connectivity index is 1.83. The van der Waals surface area contributed by atoms with Gasteiger partial charge in [0.2, 0.25) is 0 Å². The second-order valence-corrected chi connectivity index (χ2v) is 6.66. The third-order valence-corrected chi connectivity index (χ3v) is 4.85. The van der Waals surface area contributed by atoms with Crippen LogP contribution < -0.4 is 5.32 Å². The van der Waals surface area contributed by atoms with Crippen LogP contribution in [-0.4, -0.2) is 25.5 Å². The SMILES string of the molecule is CC[C@@H](C)c1ccc([C@@H](CC)NC(=O)c2cc(C)nc3ncnn23)cc1. The summed E-state index contributed by atoms with van der Waals surface area (Å²) < 4.78 is 1.47. The molecule has 0 aliphatic carbocycles. The van der Waals surface area contributed by atoms with Crippen molar-refractivity contribution in [3.63, 3.8) is 0 Å². The van der Waals surface area contributed by atoms with Gasteiger partial charge in [-0.1, -0.05) is 45.0 Å². The summed E-state index contributed by atoms with van der Waals surface area (Å²) in [6.45, 7) is 8.32. The molecular weight excluding hydrogens is 326 g/mol. The molecule has 3 aromatic rings. The topological polar surface area (TPSA) is 72.2 Å². The summed E-state index contributed by atoms with van der Waals surface area (Å²) in [4.78, 5) is 21.2. The maximum absolute atomic E-state index is 12.8. The zero-order valence-electron chi connectivity index (χ0n) is 15.7. The molecule has 0 bridgehead atoms. The van der Waals surface area contributed by atoms with Crippen LogP contribution >= 0.6 is 0 Å². The van der Waals surface area contributed by atoms with Crippen LogP contribution in [0.1, 0.15) is 72.9 Å². The highest BCUT2D eigenvalue weighted by molar-refractivity contribution is 5.93. The Morgan fingerprint density at radius 3 is 2.50 bits per heavy atom. The Kier molecular flexibility index (Phi) is 5.30. The van der Waals surface area contributed by atoms with Crippen LogP contribution in [0.3, 0.4) is 0 Å². The van der Waals surface area contributed by atoms with Gasteiger partial charge in [0.1, 0.15) is 12.0 Å². The van der Waals surface area contributed by atoms with Gasteiger partial charge in [0, 0.05) is 5.69 Å². The molecule has 26 heavy (non-hydrogen) atoms. The van der Waals surface area contributed by atoms with E-state index < -0.39 is 0 Å². The van der Waals surface area contributed by atoms with Crippen molar-refractivity contribution in [3.05, 3.63) is 59.2 Å². The van der Waals surface area contributed by atoms with Gasteiger partial charge in [-0.25, -0.2) is 4.98 Å². The standard InChI is InChI=1S/C20H25N5O/c1-5-13(3)15-7-9-16(10-8-15)17(6-2)24-19(26)18-11-14(4)23-20-21-12-22-25(18)20/h7-13,17H,5-6H2,1-4H3,(H,24,26)/t13-,17-/m1/s1. The fourth-order valence-electron chi connectivity index (χ4n) is 3.04. The summed E-state index contributed by atoms with van der Waals surface area (Å²) in [7, 11) is 0. The van der Waals surface area contributed by atoms with Crippen molar-refractivity contribution in [2.45, 2.75) is 52.5 Å². The summed E-state index contributed by atoms with van der Waals surface area (Å²) in [5.41, 5.74) is 3.61. The van der Waals surface area contributed by atoms with E-state index in [0.717, 1.165) is 24.1 Å². The van der Waals surface area contributed by atoms with Crippen LogP contribution in [0.15, 0.2) is 36.7 Å². The number of nitrogens with zero attached hydrogens (tertiary/aromatic N) is 4. The second-order valence-electron chi connectivity index (χ2n) is 6.66. The maximum atomic E-state index is 12.8.